The highest BCUT2D eigenvalue weighted by Crippen LogP contribution is 2.33. The molecule has 1 aliphatic rings. The molecule has 2 heterocycles. The fourth-order valence-electron chi connectivity index (χ4n) is 2.88. The van der Waals surface area contributed by atoms with Crippen LogP contribution in [0.3, 0.4) is 0 Å². The molecular formula is C21H18N2O4S. The average molecular weight is 394 g/mol. The summed E-state index contributed by atoms with van der Waals surface area (Å²) in [6.07, 6.45) is 0.493. The maximum Gasteiger partial charge on any atom is 0.254 e. The van der Waals surface area contributed by atoms with E-state index in [-0.39, 0.29) is 23.9 Å². The second-order valence-corrected chi connectivity index (χ2v) is 7.35. The van der Waals surface area contributed by atoms with E-state index in [4.69, 9.17) is 9.47 Å². The van der Waals surface area contributed by atoms with E-state index in [1.54, 1.807) is 19.1 Å². The van der Waals surface area contributed by atoms with Gasteiger partial charge >= 0.3 is 0 Å². The van der Waals surface area contributed by atoms with E-state index in [9.17, 15) is 9.59 Å². The van der Waals surface area contributed by atoms with Crippen LogP contribution in [0.15, 0.2) is 58.5 Å². The fourth-order valence-corrected chi connectivity index (χ4v) is 3.66. The van der Waals surface area contributed by atoms with Crippen LogP contribution < -0.4 is 15.0 Å². The summed E-state index contributed by atoms with van der Waals surface area (Å²) in [5.41, 5.74) is 2.67. The highest BCUT2D eigenvalue weighted by atomic mass is 32.2. The van der Waals surface area contributed by atoms with E-state index in [0.717, 1.165) is 11.3 Å². The number of ketones is 1. The summed E-state index contributed by atoms with van der Waals surface area (Å²) in [7, 11) is 0. The molecule has 7 heteroatoms. The Labute approximate surface area is 165 Å². The molecule has 0 bridgehead atoms. The van der Waals surface area contributed by atoms with Crippen molar-refractivity contribution in [1.82, 2.24) is 9.97 Å². The third kappa shape index (κ3) is 3.94. The Morgan fingerprint density at radius 1 is 1.14 bits per heavy atom. The lowest BCUT2D eigenvalue weighted by molar-refractivity contribution is 0.102. The monoisotopic (exact) mass is 394 g/mol. The number of fused-ring (bicyclic) bond motifs is 1. The molecule has 6 nitrogen and oxygen atoms in total. The van der Waals surface area contributed by atoms with Gasteiger partial charge in [-0.1, -0.05) is 48.2 Å². The van der Waals surface area contributed by atoms with E-state index < -0.39 is 0 Å². The maximum absolute atomic E-state index is 12.3. The molecule has 0 amide bonds. The second kappa shape index (κ2) is 7.90. The molecule has 0 spiro atoms. The number of hydrogen-bond acceptors (Lipinski definition) is 6. The number of H-pyrrole nitrogens is 1. The summed E-state index contributed by atoms with van der Waals surface area (Å²) in [6.45, 7) is 1.97. The Morgan fingerprint density at radius 3 is 2.75 bits per heavy atom. The number of carbonyl (C=O) groups is 1. The second-order valence-electron chi connectivity index (χ2n) is 6.39. The molecule has 0 saturated heterocycles. The van der Waals surface area contributed by atoms with Gasteiger partial charge in [0.05, 0.1) is 11.4 Å². The van der Waals surface area contributed by atoms with Gasteiger partial charge in [-0.15, -0.1) is 0 Å². The smallest absolute Gasteiger partial charge is 0.254 e. The molecule has 0 fully saturated rings. The van der Waals surface area contributed by atoms with Crippen molar-refractivity contribution in [1.29, 1.82) is 0 Å². The van der Waals surface area contributed by atoms with E-state index in [0.29, 0.717) is 34.1 Å². The number of rotatable bonds is 6. The van der Waals surface area contributed by atoms with Gasteiger partial charge in [0.1, 0.15) is 0 Å². The number of aromatic amines is 1. The predicted octanol–water partition coefficient (Wildman–Crippen LogP) is 3.37. The number of aromatic nitrogens is 2. The molecule has 1 aromatic heterocycles. The molecule has 4 rings (SSSR count). The first kappa shape index (κ1) is 18.3. The van der Waals surface area contributed by atoms with Gasteiger partial charge in [0.25, 0.3) is 5.56 Å². The topological polar surface area (TPSA) is 81.3 Å². The van der Waals surface area contributed by atoms with Crippen LogP contribution >= 0.6 is 11.8 Å². The van der Waals surface area contributed by atoms with Crippen molar-refractivity contribution in [3.63, 3.8) is 0 Å². The number of nitrogens with one attached hydrogen (secondary N) is 1. The van der Waals surface area contributed by atoms with E-state index in [1.807, 2.05) is 36.4 Å². The molecule has 0 unspecified atom stereocenters. The number of carbonyl (C=O) groups excluding carboxylic acids is 1. The highest BCUT2D eigenvalue weighted by Gasteiger charge is 2.15. The molecule has 2 aromatic carbocycles. The van der Waals surface area contributed by atoms with Gasteiger partial charge in [-0.05, 0) is 24.6 Å². The Morgan fingerprint density at radius 2 is 1.93 bits per heavy atom. The highest BCUT2D eigenvalue weighted by molar-refractivity contribution is 7.99. The summed E-state index contributed by atoms with van der Waals surface area (Å²) in [4.78, 5) is 31.9. The SMILES string of the molecule is Cc1c(Cc2ccc3c(c2)OCO3)nc(SCC(=O)c2ccccc2)[nH]c1=O. The molecule has 28 heavy (non-hydrogen) atoms. The number of ether oxygens (including phenoxy) is 2. The van der Waals surface area contributed by atoms with Crippen LogP contribution in [0, 0.1) is 6.92 Å². The Hall–Kier alpha value is -3.06. The minimum atomic E-state index is -0.194. The van der Waals surface area contributed by atoms with Gasteiger partial charge in [0, 0.05) is 17.5 Å². The number of benzene rings is 2. The molecule has 0 radical (unpaired) electrons. The van der Waals surface area contributed by atoms with E-state index >= 15 is 0 Å². The lowest BCUT2D eigenvalue weighted by Crippen LogP contribution is -2.16. The van der Waals surface area contributed by atoms with Gasteiger partial charge in [0.2, 0.25) is 6.79 Å². The van der Waals surface area contributed by atoms with Gasteiger partial charge in [-0.3, -0.25) is 9.59 Å². The van der Waals surface area contributed by atoms with Crippen LogP contribution in [-0.2, 0) is 6.42 Å². The number of Topliss-reactive ketones (excluding diaryl/α,β-unsaturated/α-hetero) is 1. The van der Waals surface area contributed by atoms with Crippen LogP contribution in [0.25, 0.3) is 0 Å². The van der Waals surface area contributed by atoms with Crippen molar-refractivity contribution >= 4 is 17.5 Å². The van der Waals surface area contributed by atoms with E-state index in [1.165, 1.54) is 11.8 Å². The summed E-state index contributed by atoms with van der Waals surface area (Å²) in [5.74, 6) is 1.61. The first-order valence-corrected chi connectivity index (χ1v) is 9.78. The molecule has 0 atom stereocenters. The maximum atomic E-state index is 12.3. The van der Waals surface area contributed by atoms with Crippen LogP contribution in [0.5, 0.6) is 11.5 Å². The number of hydrogen-bond donors (Lipinski definition) is 1. The van der Waals surface area contributed by atoms with Crippen LogP contribution in [-0.4, -0.2) is 28.3 Å². The van der Waals surface area contributed by atoms with E-state index in [2.05, 4.69) is 9.97 Å². The molecule has 0 aliphatic carbocycles. The quantitative estimate of drug-likeness (QED) is 0.392. The Balaban J connectivity index is 1.51. The zero-order valence-corrected chi connectivity index (χ0v) is 16.0. The average Bonchev–Trinajstić information content (AvgIpc) is 3.18. The standard InChI is InChI=1S/C21H18N2O4S/c1-13-16(9-14-7-8-18-19(10-14)27-12-26-18)22-21(23-20(13)25)28-11-17(24)15-5-3-2-4-6-15/h2-8,10H,9,11-12H2,1H3,(H,22,23,25). The van der Waals surface area contributed by atoms with Crippen molar-refractivity contribution in [2.45, 2.75) is 18.5 Å². The Kier molecular flexibility index (Phi) is 5.16. The van der Waals surface area contributed by atoms with Crippen molar-refractivity contribution in [2.75, 3.05) is 12.5 Å². The largest absolute Gasteiger partial charge is 0.454 e. The third-order valence-corrected chi connectivity index (χ3v) is 5.35. The van der Waals surface area contributed by atoms with Gasteiger partial charge in [-0.25, -0.2) is 4.98 Å². The minimum absolute atomic E-state index is 0.00820. The first-order valence-electron chi connectivity index (χ1n) is 8.79. The zero-order chi connectivity index (χ0) is 19.5. The lowest BCUT2D eigenvalue weighted by atomic mass is 10.1. The molecule has 1 aliphatic heterocycles. The normalized spacial score (nSPS) is 12.2. The third-order valence-electron chi connectivity index (χ3n) is 4.47. The molecule has 1 N–H and O–H groups in total. The summed E-state index contributed by atoms with van der Waals surface area (Å²) in [6, 6.07) is 14.8. The van der Waals surface area contributed by atoms with Gasteiger partial charge in [0.15, 0.2) is 22.4 Å². The molecule has 0 saturated carbocycles. The summed E-state index contributed by atoms with van der Waals surface area (Å²) in [5, 5.41) is 0.440. The van der Waals surface area contributed by atoms with Crippen LogP contribution in [0.4, 0.5) is 0 Å². The van der Waals surface area contributed by atoms with Gasteiger partial charge in [-0.2, -0.15) is 0 Å². The number of nitrogens with zero attached hydrogens (tertiary/aromatic N) is 1. The number of thioether (sulfide) groups is 1. The lowest BCUT2D eigenvalue weighted by Gasteiger charge is -2.08. The van der Waals surface area contributed by atoms with Gasteiger partial charge < -0.3 is 14.5 Å². The Bertz CT molecular complexity index is 1080. The van der Waals surface area contributed by atoms with Crippen LogP contribution in [0.1, 0.15) is 27.2 Å². The summed E-state index contributed by atoms with van der Waals surface area (Å²) < 4.78 is 10.7. The summed E-state index contributed by atoms with van der Waals surface area (Å²) >= 11 is 1.23. The predicted molar refractivity (Wildman–Crippen MR) is 106 cm³/mol. The van der Waals surface area contributed by atoms with Crippen molar-refractivity contribution in [3.05, 3.63) is 81.3 Å². The molecular weight excluding hydrogens is 376 g/mol. The molecule has 142 valence electrons. The zero-order valence-electron chi connectivity index (χ0n) is 15.2. The van der Waals surface area contributed by atoms with Crippen molar-refractivity contribution < 1.29 is 14.3 Å². The van der Waals surface area contributed by atoms with Crippen LogP contribution in [0.2, 0.25) is 0 Å². The minimum Gasteiger partial charge on any atom is -0.454 e. The molecule has 3 aromatic rings. The van der Waals surface area contributed by atoms with Crippen molar-refractivity contribution in [2.24, 2.45) is 0 Å². The fraction of sp³-hybridized carbons (Fsp3) is 0.190. The van der Waals surface area contributed by atoms with Crippen molar-refractivity contribution in [3.8, 4) is 11.5 Å². The first-order chi connectivity index (χ1) is 13.6.